The third-order valence-corrected chi connectivity index (χ3v) is 3.48. The monoisotopic (exact) mass is 272 g/mol. The van der Waals surface area contributed by atoms with Crippen molar-refractivity contribution in [2.75, 3.05) is 13.6 Å². The van der Waals surface area contributed by atoms with Gasteiger partial charge in [-0.2, -0.15) is 0 Å². The molecule has 1 atom stereocenters. The molecular weight excluding hydrogens is 256 g/mol. The number of hydrogen-bond donors (Lipinski definition) is 1. The lowest BCUT2D eigenvalue weighted by Crippen LogP contribution is -2.38. The Labute approximate surface area is 116 Å². The number of hydrogen-bond acceptors (Lipinski definition) is 5. The number of pyridine rings is 1. The highest BCUT2D eigenvalue weighted by Crippen LogP contribution is 2.24. The molecule has 1 unspecified atom stereocenters. The van der Waals surface area contributed by atoms with Gasteiger partial charge in [0.1, 0.15) is 6.04 Å². The summed E-state index contributed by atoms with van der Waals surface area (Å²) in [4.78, 5) is 22.8. The third-order valence-electron chi connectivity index (χ3n) is 3.48. The van der Waals surface area contributed by atoms with E-state index in [0.29, 0.717) is 25.3 Å². The van der Waals surface area contributed by atoms with E-state index >= 15 is 0 Å². The summed E-state index contributed by atoms with van der Waals surface area (Å²) >= 11 is 0. The van der Waals surface area contributed by atoms with E-state index in [1.165, 1.54) is 6.39 Å². The molecule has 2 aromatic rings. The number of amides is 1. The Morgan fingerprint density at radius 2 is 2.35 bits per heavy atom. The number of nitrogens with zero attached hydrogens (tertiary/aromatic N) is 3. The summed E-state index contributed by atoms with van der Waals surface area (Å²) in [6.07, 6.45) is 3.83. The minimum atomic E-state index is -0.473. The van der Waals surface area contributed by atoms with E-state index in [1.807, 2.05) is 18.2 Å². The molecule has 3 rings (SSSR count). The zero-order valence-electron chi connectivity index (χ0n) is 11.2. The molecule has 1 amide bonds. The second-order valence-corrected chi connectivity index (χ2v) is 4.72. The minimum absolute atomic E-state index is 0.00588. The first-order chi connectivity index (χ1) is 9.79. The zero-order valence-corrected chi connectivity index (χ0v) is 11.2. The number of carbonyl (C=O) groups excluding carboxylic acids is 1. The molecule has 0 radical (unpaired) electrons. The van der Waals surface area contributed by atoms with Crippen LogP contribution in [0.4, 0.5) is 0 Å². The Kier molecular flexibility index (Phi) is 3.47. The van der Waals surface area contributed by atoms with Crippen LogP contribution < -0.4 is 5.32 Å². The molecule has 6 nitrogen and oxygen atoms in total. The molecule has 1 aliphatic rings. The Balaban J connectivity index is 1.84. The van der Waals surface area contributed by atoms with E-state index in [2.05, 4.69) is 15.3 Å². The quantitative estimate of drug-likeness (QED) is 0.899. The lowest BCUT2D eigenvalue weighted by molar-refractivity contribution is -0.134. The van der Waals surface area contributed by atoms with Crippen LogP contribution in [0.3, 0.4) is 0 Å². The van der Waals surface area contributed by atoms with E-state index in [-0.39, 0.29) is 5.91 Å². The molecule has 3 heterocycles. The number of oxazole rings is 1. The van der Waals surface area contributed by atoms with Gasteiger partial charge in [0.25, 0.3) is 0 Å². The third kappa shape index (κ3) is 2.30. The summed E-state index contributed by atoms with van der Waals surface area (Å²) in [6, 6.07) is 5.23. The second kappa shape index (κ2) is 5.42. The van der Waals surface area contributed by atoms with Crippen LogP contribution in [-0.2, 0) is 17.8 Å². The van der Waals surface area contributed by atoms with Gasteiger partial charge in [0.15, 0.2) is 12.2 Å². The molecule has 0 fully saturated rings. The van der Waals surface area contributed by atoms with Crippen molar-refractivity contribution in [3.63, 3.8) is 0 Å². The summed E-state index contributed by atoms with van der Waals surface area (Å²) in [5, 5.41) is 3.01. The number of nitrogens with one attached hydrogen (secondary N) is 1. The Morgan fingerprint density at radius 3 is 3.10 bits per heavy atom. The van der Waals surface area contributed by atoms with Gasteiger partial charge in [0.2, 0.25) is 5.91 Å². The predicted octanol–water partition coefficient (Wildman–Crippen LogP) is 0.915. The smallest absolute Gasteiger partial charge is 0.248 e. The van der Waals surface area contributed by atoms with E-state index < -0.39 is 6.04 Å². The maximum atomic E-state index is 12.6. The van der Waals surface area contributed by atoms with Crippen LogP contribution in [0.25, 0.3) is 0 Å². The summed E-state index contributed by atoms with van der Waals surface area (Å²) in [6.45, 7) is 1.12. The van der Waals surface area contributed by atoms with Crippen LogP contribution in [0.2, 0.25) is 0 Å². The van der Waals surface area contributed by atoms with Gasteiger partial charge in [-0.1, -0.05) is 6.07 Å². The number of fused-ring (bicyclic) bond motifs is 1. The lowest BCUT2D eigenvalue weighted by Gasteiger charge is -2.23. The molecule has 0 aromatic carbocycles. The fourth-order valence-corrected chi connectivity index (χ4v) is 2.45. The van der Waals surface area contributed by atoms with Crippen LogP contribution in [-0.4, -0.2) is 34.4 Å². The molecule has 0 bridgehead atoms. The fraction of sp³-hybridized carbons (Fsp3) is 0.357. The van der Waals surface area contributed by atoms with Gasteiger partial charge >= 0.3 is 0 Å². The summed E-state index contributed by atoms with van der Waals surface area (Å²) < 4.78 is 5.37. The summed E-state index contributed by atoms with van der Waals surface area (Å²) in [5.74, 6) is 0.620. The van der Waals surface area contributed by atoms with Crippen molar-refractivity contribution in [3.8, 4) is 0 Å². The Bertz CT molecular complexity index is 596. The molecule has 1 aliphatic heterocycles. The number of aromatic nitrogens is 2. The highest BCUT2D eigenvalue weighted by molar-refractivity contribution is 5.83. The molecule has 104 valence electrons. The molecule has 0 spiro atoms. The lowest BCUT2D eigenvalue weighted by atomic mass is 10.1. The van der Waals surface area contributed by atoms with Crippen molar-refractivity contribution in [2.24, 2.45) is 0 Å². The van der Waals surface area contributed by atoms with Crippen molar-refractivity contribution >= 4 is 5.91 Å². The van der Waals surface area contributed by atoms with Crippen LogP contribution in [0, 0.1) is 0 Å². The van der Waals surface area contributed by atoms with Crippen molar-refractivity contribution in [1.82, 2.24) is 20.2 Å². The van der Waals surface area contributed by atoms with Crippen molar-refractivity contribution < 1.29 is 9.21 Å². The largest absolute Gasteiger partial charge is 0.446 e. The zero-order chi connectivity index (χ0) is 13.9. The maximum absolute atomic E-state index is 12.6. The minimum Gasteiger partial charge on any atom is -0.446 e. The standard InChI is InChI=1S/C14H16N4O2/c1-15-12-13-11(17-9-20-13)5-7-18(14(12)19)8-10-4-2-3-6-16-10/h2-4,6,9,12,15H,5,7-8H2,1H3. The molecule has 6 heteroatoms. The SMILES string of the molecule is CNC1C(=O)N(Cc2ccccn2)CCc2ncoc21. The molecular formula is C14H16N4O2. The average molecular weight is 272 g/mol. The second-order valence-electron chi connectivity index (χ2n) is 4.72. The van der Waals surface area contributed by atoms with Crippen LogP contribution >= 0.6 is 0 Å². The maximum Gasteiger partial charge on any atom is 0.248 e. The molecule has 0 aliphatic carbocycles. The Morgan fingerprint density at radius 1 is 1.45 bits per heavy atom. The Hall–Kier alpha value is -2.21. The first-order valence-electron chi connectivity index (χ1n) is 6.58. The van der Waals surface area contributed by atoms with Gasteiger partial charge in [0.05, 0.1) is 17.9 Å². The normalized spacial score (nSPS) is 18.8. The van der Waals surface area contributed by atoms with E-state index in [1.54, 1.807) is 18.1 Å². The van der Waals surface area contributed by atoms with Crippen molar-refractivity contribution in [1.29, 1.82) is 0 Å². The van der Waals surface area contributed by atoms with Gasteiger partial charge in [0, 0.05) is 19.2 Å². The number of likely N-dealkylation sites (N-methyl/N-ethyl adjacent to an activating group) is 1. The van der Waals surface area contributed by atoms with Gasteiger partial charge in [-0.3, -0.25) is 9.78 Å². The topological polar surface area (TPSA) is 71.3 Å². The van der Waals surface area contributed by atoms with E-state index in [4.69, 9.17) is 4.42 Å². The number of carbonyl (C=O) groups is 1. The first-order valence-corrected chi connectivity index (χ1v) is 6.58. The van der Waals surface area contributed by atoms with E-state index in [9.17, 15) is 4.79 Å². The first kappa shape index (κ1) is 12.8. The van der Waals surface area contributed by atoms with Gasteiger partial charge in [-0.05, 0) is 19.2 Å². The molecule has 2 aromatic heterocycles. The average Bonchev–Trinajstić information content (AvgIpc) is 2.89. The highest BCUT2D eigenvalue weighted by atomic mass is 16.3. The summed E-state index contributed by atoms with van der Waals surface area (Å²) in [5.41, 5.74) is 1.73. The summed E-state index contributed by atoms with van der Waals surface area (Å²) in [7, 11) is 1.75. The van der Waals surface area contributed by atoms with Gasteiger partial charge < -0.3 is 14.6 Å². The predicted molar refractivity (Wildman–Crippen MR) is 71.7 cm³/mol. The van der Waals surface area contributed by atoms with Crippen LogP contribution in [0.1, 0.15) is 23.2 Å². The van der Waals surface area contributed by atoms with E-state index in [0.717, 1.165) is 11.4 Å². The van der Waals surface area contributed by atoms with Gasteiger partial charge in [-0.15, -0.1) is 0 Å². The molecule has 0 saturated heterocycles. The van der Waals surface area contributed by atoms with Crippen LogP contribution in [0.5, 0.6) is 0 Å². The molecule has 0 saturated carbocycles. The van der Waals surface area contributed by atoms with Crippen molar-refractivity contribution in [2.45, 2.75) is 19.0 Å². The van der Waals surface area contributed by atoms with Crippen LogP contribution in [0.15, 0.2) is 35.2 Å². The highest BCUT2D eigenvalue weighted by Gasteiger charge is 2.33. The van der Waals surface area contributed by atoms with Gasteiger partial charge in [-0.25, -0.2) is 4.98 Å². The molecule has 20 heavy (non-hydrogen) atoms. The number of rotatable bonds is 3. The molecule has 1 N–H and O–H groups in total. The fourth-order valence-electron chi connectivity index (χ4n) is 2.45. The van der Waals surface area contributed by atoms with Crippen molar-refractivity contribution in [3.05, 3.63) is 47.9 Å².